The molecule has 2 aromatic heterocycles. The van der Waals surface area contributed by atoms with Crippen LogP contribution in [0.4, 0.5) is 23.8 Å². The normalized spacial score (nSPS) is 21.4. The summed E-state index contributed by atoms with van der Waals surface area (Å²) in [7, 11) is 1.36. The molecule has 0 saturated carbocycles. The number of amides is 2. The summed E-state index contributed by atoms with van der Waals surface area (Å²) >= 11 is 0. The second kappa shape index (κ2) is 12.9. The topological polar surface area (TPSA) is 168 Å². The first-order valence-corrected chi connectivity index (χ1v) is 14.1. The Hall–Kier alpha value is -3.72. The van der Waals surface area contributed by atoms with Crippen LogP contribution in [0.1, 0.15) is 61.9 Å². The van der Waals surface area contributed by atoms with Crippen LogP contribution in [0.2, 0.25) is 0 Å². The van der Waals surface area contributed by atoms with Crippen LogP contribution in [0.25, 0.3) is 11.1 Å². The summed E-state index contributed by atoms with van der Waals surface area (Å²) in [5.41, 5.74) is 6.25. The Balaban J connectivity index is 1.65. The first-order valence-electron chi connectivity index (χ1n) is 14.1. The molecule has 3 unspecified atom stereocenters. The van der Waals surface area contributed by atoms with Crippen LogP contribution in [0.3, 0.4) is 0 Å². The number of halogens is 3. The monoisotopic (exact) mass is 609 g/mol. The standard InChI is InChI=1S/C28H38F3N7O5/c1-27(2,3)43-26(40)37-25-21(22-20(42-25)9-16(12-35-22)15-5-7-41-8-6-15)24(39)36-19(11-32)23(34-4)38-13-17(28(29,30)31)10-18(33)14-38/h9,11-12,15,17-19,32H,5-8,10,13-14,33H2,1-4H3,(H,36,39)(H,37,40). The average molecular weight is 610 g/mol. The number of aliphatic imine (C=N–C) groups is 1. The molecule has 0 aromatic carbocycles. The Morgan fingerprint density at radius 2 is 1.95 bits per heavy atom. The summed E-state index contributed by atoms with van der Waals surface area (Å²) in [6.07, 6.45) is -1.49. The van der Waals surface area contributed by atoms with E-state index >= 15 is 0 Å². The van der Waals surface area contributed by atoms with E-state index in [4.69, 9.17) is 25.0 Å². The predicted octanol–water partition coefficient (Wildman–Crippen LogP) is 4.06. The number of hydrogen-bond acceptors (Lipinski definition) is 9. The van der Waals surface area contributed by atoms with Crippen molar-refractivity contribution < 1.29 is 36.7 Å². The van der Waals surface area contributed by atoms with Crippen LogP contribution in [-0.2, 0) is 9.47 Å². The predicted molar refractivity (Wildman–Crippen MR) is 154 cm³/mol. The maximum atomic E-state index is 13.8. The number of alkyl halides is 3. The number of aromatic nitrogens is 1. The van der Waals surface area contributed by atoms with Crippen molar-refractivity contribution in [1.29, 1.82) is 5.41 Å². The van der Waals surface area contributed by atoms with Crippen LogP contribution >= 0.6 is 0 Å². The Morgan fingerprint density at radius 3 is 2.56 bits per heavy atom. The van der Waals surface area contributed by atoms with E-state index in [1.165, 1.54) is 11.9 Å². The molecule has 4 heterocycles. The number of rotatable bonds is 6. The van der Waals surface area contributed by atoms with Gasteiger partial charge in [-0.05, 0) is 57.6 Å². The summed E-state index contributed by atoms with van der Waals surface area (Å²) in [5.74, 6) is -2.49. The summed E-state index contributed by atoms with van der Waals surface area (Å²) in [4.78, 5) is 36.4. The molecular formula is C28H38F3N7O5. The molecule has 43 heavy (non-hydrogen) atoms. The molecule has 4 rings (SSSR count). The van der Waals surface area contributed by atoms with Gasteiger partial charge in [-0.3, -0.25) is 20.1 Å². The molecule has 2 saturated heterocycles. The van der Waals surface area contributed by atoms with Gasteiger partial charge in [0, 0.05) is 51.8 Å². The number of fused-ring (bicyclic) bond motifs is 1. The van der Waals surface area contributed by atoms with Crippen LogP contribution in [0.5, 0.6) is 0 Å². The van der Waals surface area contributed by atoms with E-state index in [9.17, 15) is 22.8 Å². The van der Waals surface area contributed by atoms with E-state index in [2.05, 4.69) is 20.6 Å². The van der Waals surface area contributed by atoms with Crippen LogP contribution < -0.4 is 16.4 Å². The number of amidine groups is 1. The lowest BCUT2D eigenvalue weighted by atomic mass is 9.93. The van der Waals surface area contributed by atoms with Gasteiger partial charge in [0.05, 0.1) is 5.92 Å². The number of nitrogens with zero attached hydrogens (tertiary/aromatic N) is 3. The number of piperidine rings is 1. The molecule has 15 heteroatoms. The Bertz CT molecular complexity index is 1360. The summed E-state index contributed by atoms with van der Waals surface area (Å²) in [5, 5.41) is 13.1. The van der Waals surface area contributed by atoms with Crippen molar-refractivity contribution in [3.8, 4) is 0 Å². The third-order valence-electron chi connectivity index (χ3n) is 7.31. The highest BCUT2D eigenvalue weighted by Crippen LogP contribution is 2.35. The molecule has 0 bridgehead atoms. The van der Waals surface area contributed by atoms with Gasteiger partial charge in [0.15, 0.2) is 5.58 Å². The van der Waals surface area contributed by atoms with Crippen LogP contribution in [0, 0.1) is 11.3 Å². The summed E-state index contributed by atoms with van der Waals surface area (Å²) in [6, 6.07) is -0.234. The number of nitrogens with two attached hydrogens (primary N) is 1. The van der Waals surface area contributed by atoms with E-state index < -0.39 is 48.3 Å². The number of ether oxygens (including phenoxy) is 2. The third-order valence-corrected chi connectivity index (χ3v) is 7.31. The zero-order chi connectivity index (χ0) is 31.5. The second-order valence-electron chi connectivity index (χ2n) is 11.8. The largest absolute Gasteiger partial charge is 0.444 e. The van der Waals surface area contributed by atoms with Crippen molar-refractivity contribution in [2.45, 2.75) is 69.8 Å². The highest BCUT2D eigenvalue weighted by atomic mass is 19.4. The van der Waals surface area contributed by atoms with Gasteiger partial charge in [-0.15, -0.1) is 0 Å². The molecule has 2 aliphatic heterocycles. The lowest BCUT2D eigenvalue weighted by Crippen LogP contribution is -2.57. The first kappa shape index (κ1) is 32.2. The molecule has 0 radical (unpaired) electrons. The smallest absolute Gasteiger partial charge is 0.414 e. The Labute approximate surface area is 247 Å². The van der Waals surface area contributed by atoms with Crippen molar-refractivity contribution in [3.63, 3.8) is 0 Å². The number of carbonyl (C=O) groups excluding carboxylic acids is 2. The number of nitrogens with one attached hydrogen (secondary N) is 3. The van der Waals surface area contributed by atoms with Gasteiger partial charge in [0.2, 0.25) is 5.88 Å². The average Bonchev–Trinajstić information content (AvgIpc) is 3.28. The molecule has 236 valence electrons. The van der Waals surface area contributed by atoms with E-state index in [1.807, 2.05) is 0 Å². The van der Waals surface area contributed by atoms with Crippen molar-refractivity contribution in [2.24, 2.45) is 16.6 Å². The second-order valence-corrected chi connectivity index (χ2v) is 11.8. The maximum absolute atomic E-state index is 13.8. The molecule has 2 aromatic rings. The number of likely N-dealkylation sites (tertiary alicyclic amines) is 1. The third kappa shape index (κ3) is 7.82. The molecule has 2 amide bonds. The molecular weight excluding hydrogens is 571 g/mol. The molecule has 5 N–H and O–H groups in total. The molecule has 12 nitrogen and oxygen atoms in total. The van der Waals surface area contributed by atoms with Gasteiger partial charge >= 0.3 is 12.3 Å². The fourth-order valence-corrected chi connectivity index (χ4v) is 5.38. The number of pyridine rings is 1. The minimum Gasteiger partial charge on any atom is -0.444 e. The first-order chi connectivity index (χ1) is 20.2. The highest BCUT2D eigenvalue weighted by Gasteiger charge is 2.45. The van der Waals surface area contributed by atoms with Gasteiger partial charge in [-0.1, -0.05) is 0 Å². The number of anilines is 1. The van der Waals surface area contributed by atoms with E-state index in [1.54, 1.807) is 33.0 Å². The number of furan rings is 1. The fraction of sp³-hybridized carbons (Fsp3) is 0.607. The molecule has 2 fully saturated rings. The van der Waals surface area contributed by atoms with Gasteiger partial charge < -0.3 is 35.3 Å². The lowest BCUT2D eigenvalue weighted by Gasteiger charge is -2.40. The van der Waals surface area contributed by atoms with Gasteiger partial charge in [-0.2, -0.15) is 13.2 Å². The van der Waals surface area contributed by atoms with Crippen LogP contribution in [-0.4, -0.2) is 91.1 Å². The molecule has 3 atom stereocenters. The highest BCUT2D eigenvalue weighted by molar-refractivity contribution is 6.14. The Kier molecular flexibility index (Phi) is 9.64. The van der Waals surface area contributed by atoms with Gasteiger partial charge in [0.1, 0.15) is 28.6 Å². The zero-order valence-electron chi connectivity index (χ0n) is 24.6. The minimum atomic E-state index is -4.47. The van der Waals surface area contributed by atoms with Gasteiger partial charge in [-0.25, -0.2) is 4.79 Å². The van der Waals surface area contributed by atoms with Crippen molar-refractivity contribution in [2.75, 3.05) is 38.7 Å². The zero-order valence-corrected chi connectivity index (χ0v) is 24.6. The molecule has 2 aliphatic rings. The van der Waals surface area contributed by atoms with Crippen molar-refractivity contribution in [1.82, 2.24) is 15.2 Å². The van der Waals surface area contributed by atoms with E-state index in [0.717, 1.165) is 24.6 Å². The minimum absolute atomic E-state index is 0.0389. The van der Waals surface area contributed by atoms with Crippen molar-refractivity contribution >= 4 is 41.0 Å². The SMILES string of the molecule is CN=C(C(C=N)NC(=O)c1c(NC(=O)OC(C)(C)C)oc2cc(C3CCOCC3)cnc12)N1CC(N)CC(C(F)(F)F)C1. The number of hydrogen-bond donors (Lipinski definition) is 4. The fourth-order valence-electron chi connectivity index (χ4n) is 5.38. The van der Waals surface area contributed by atoms with Gasteiger partial charge in [0.25, 0.3) is 5.91 Å². The summed E-state index contributed by atoms with van der Waals surface area (Å²) in [6.45, 7) is 5.90. The molecule has 0 aliphatic carbocycles. The van der Waals surface area contributed by atoms with Crippen LogP contribution in [0.15, 0.2) is 21.7 Å². The summed E-state index contributed by atoms with van der Waals surface area (Å²) < 4.78 is 57.4. The lowest BCUT2D eigenvalue weighted by molar-refractivity contribution is -0.184. The molecule has 0 spiro atoms. The van der Waals surface area contributed by atoms with E-state index in [0.29, 0.717) is 13.2 Å². The van der Waals surface area contributed by atoms with Crippen molar-refractivity contribution in [3.05, 3.63) is 23.4 Å². The maximum Gasteiger partial charge on any atom is 0.414 e. The number of carbonyl (C=O) groups is 2. The quantitative estimate of drug-likeness (QED) is 0.281. The van der Waals surface area contributed by atoms with E-state index in [-0.39, 0.29) is 47.3 Å². The Morgan fingerprint density at radius 1 is 1.26 bits per heavy atom.